The average Bonchev–Trinajstić information content (AvgIpc) is 3.44. The fraction of sp³-hybridized carbons (Fsp3) is 0. The molecule has 3 nitrogen and oxygen atoms in total. The van der Waals surface area contributed by atoms with E-state index in [-0.39, 0.29) is 0 Å². The van der Waals surface area contributed by atoms with Crippen LogP contribution in [0.25, 0.3) is 59.1 Å². The summed E-state index contributed by atoms with van der Waals surface area (Å²) in [6.45, 7) is 0. The predicted molar refractivity (Wildman–Crippen MR) is 121 cm³/mol. The number of rotatable bonds is 1. The van der Waals surface area contributed by atoms with E-state index in [0.717, 1.165) is 43.6 Å². The molecular weight excluding hydrogens is 376 g/mol. The summed E-state index contributed by atoms with van der Waals surface area (Å²) >= 11 is 1.71. The van der Waals surface area contributed by atoms with Gasteiger partial charge < -0.3 is 4.42 Å². The Balaban J connectivity index is 1.74. The Kier molecular flexibility index (Phi) is 2.88. The van der Waals surface area contributed by atoms with Gasteiger partial charge in [0, 0.05) is 21.5 Å². The van der Waals surface area contributed by atoms with Crippen LogP contribution >= 0.6 is 11.3 Å². The summed E-state index contributed by atoms with van der Waals surface area (Å²) < 4.78 is 9.84. The molecule has 0 amide bonds. The first kappa shape index (κ1) is 15.3. The zero-order valence-electron chi connectivity index (χ0n) is 15.3. The van der Waals surface area contributed by atoms with Gasteiger partial charge in [-0.3, -0.25) is 4.57 Å². The summed E-state index contributed by atoms with van der Waals surface area (Å²) in [6.07, 6.45) is 0. The lowest BCUT2D eigenvalue weighted by Crippen LogP contribution is -1.92. The second-order valence-corrected chi connectivity index (χ2v) is 8.26. The molecule has 7 aromatic rings. The van der Waals surface area contributed by atoms with Gasteiger partial charge in [-0.15, -0.1) is 0 Å². The Morgan fingerprint density at radius 2 is 1.45 bits per heavy atom. The van der Waals surface area contributed by atoms with Crippen LogP contribution in [0.1, 0.15) is 0 Å². The van der Waals surface area contributed by atoms with Crippen molar-refractivity contribution in [1.29, 1.82) is 0 Å². The first-order chi connectivity index (χ1) is 14.4. The molecule has 0 bridgehead atoms. The van der Waals surface area contributed by atoms with E-state index in [1.807, 2.05) is 18.2 Å². The van der Waals surface area contributed by atoms with E-state index in [1.165, 1.54) is 15.5 Å². The maximum Gasteiger partial charge on any atom is 0.195 e. The molecule has 0 fully saturated rings. The summed E-state index contributed by atoms with van der Waals surface area (Å²) in [4.78, 5) is 4.96. The normalized spacial score (nSPS) is 12.1. The summed E-state index contributed by atoms with van der Waals surface area (Å²) in [5, 5.41) is 5.64. The van der Waals surface area contributed by atoms with Gasteiger partial charge in [0.05, 0.1) is 21.3 Å². The third-order valence-corrected chi connectivity index (χ3v) is 6.67. The van der Waals surface area contributed by atoms with E-state index >= 15 is 0 Å². The summed E-state index contributed by atoms with van der Waals surface area (Å²) in [5.41, 5.74) is 5.08. The van der Waals surface area contributed by atoms with Crippen LogP contribution in [0.2, 0.25) is 0 Å². The van der Waals surface area contributed by atoms with Crippen molar-refractivity contribution in [3.05, 3.63) is 84.9 Å². The van der Waals surface area contributed by atoms with Crippen LogP contribution in [0, 0.1) is 0 Å². The van der Waals surface area contributed by atoms with Gasteiger partial charge in [0.15, 0.2) is 10.7 Å². The number of para-hydroxylation sites is 3. The molecule has 0 radical (unpaired) electrons. The first-order valence-electron chi connectivity index (χ1n) is 9.58. The highest BCUT2D eigenvalue weighted by atomic mass is 32.1. The molecule has 0 N–H and O–H groups in total. The lowest BCUT2D eigenvalue weighted by Gasteiger charge is -2.03. The van der Waals surface area contributed by atoms with Crippen molar-refractivity contribution in [3.8, 4) is 5.13 Å². The van der Waals surface area contributed by atoms with Crippen molar-refractivity contribution >= 4 is 65.3 Å². The van der Waals surface area contributed by atoms with Gasteiger partial charge in [-0.1, -0.05) is 65.9 Å². The maximum absolute atomic E-state index is 6.39. The standard InChI is InChI=1S/C25H14N2OS/c1-4-10-20-15(7-1)17-13-14-18-16-8-2-5-11-21(16)28-24(18)23(17)27(20)25-26-19-9-3-6-12-22(19)29-25/h1-14H. The monoisotopic (exact) mass is 390 g/mol. The largest absolute Gasteiger partial charge is 0.454 e. The fourth-order valence-corrected chi connectivity index (χ4v) is 5.37. The topological polar surface area (TPSA) is 31.0 Å². The van der Waals surface area contributed by atoms with E-state index in [4.69, 9.17) is 9.40 Å². The first-order valence-corrected chi connectivity index (χ1v) is 10.4. The highest BCUT2D eigenvalue weighted by Gasteiger charge is 2.20. The van der Waals surface area contributed by atoms with Crippen LogP contribution in [0.5, 0.6) is 0 Å². The molecule has 0 aliphatic heterocycles. The lowest BCUT2D eigenvalue weighted by molar-refractivity contribution is 0.671. The predicted octanol–water partition coefficient (Wildman–Crippen LogP) is 7.29. The molecular formula is C25H14N2OS. The Morgan fingerprint density at radius 3 is 2.38 bits per heavy atom. The molecule has 0 unspecified atom stereocenters. The number of fused-ring (bicyclic) bond motifs is 8. The van der Waals surface area contributed by atoms with Gasteiger partial charge in [0.2, 0.25) is 0 Å². The molecule has 0 saturated heterocycles. The number of thiazole rings is 1. The third kappa shape index (κ3) is 1.99. The molecule has 136 valence electrons. The zero-order chi connectivity index (χ0) is 18.9. The lowest BCUT2D eigenvalue weighted by atomic mass is 10.1. The van der Waals surface area contributed by atoms with Crippen molar-refractivity contribution in [2.24, 2.45) is 0 Å². The fourth-order valence-electron chi connectivity index (χ4n) is 4.39. The van der Waals surface area contributed by atoms with Crippen LogP contribution in [-0.2, 0) is 0 Å². The molecule has 0 spiro atoms. The molecule has 3 aromatic heterocycles. The number of hydrogen-bond acceptors (Lipinski definition) is 3. The maximum atomic E-state index is 6.39. The smallest absolute Gasteiger partial charge is 0.195 e. The van der Waals surface area contributed by atoms with Crippen molar-refractivity contribution < 1.29 is 4.42 Å². The Bertz CT molecular complexity index is 1680. The second-order valence-electron chi connectivity index (χ2n) is 7.25. The minimum atomic E-state index is 0.913. The van der Waals surface area contributed by atoms with Gasteiger partial charge in [0.1, 0.15) is 5.58 Å². The Hall–Kier alpha value is -3.63. The number of aromatic nitrogens is 2. The highest BCUT2D eigenvalue weighted by molar-refractivity contribution is 7.20. The van der Waals surface area contributed by atoms with Crippen LogP contribution in [0.15, 0.2) is 89.3 Å². The number of nitrogens with zero attached hydrogens (tertiary/aromatic N) is 2. The minimum Gasteiger partial charge on any atom is -0.454 e. The van der Waals surface area contributed by atoms with E-state index < -0.39 is 0 Å². The minimum absolute atomic E-state index is 0.913. The van der Waals surface area contributed by atoms with Crippen molar-refractivity contribution in [3.63, 3.8) is 0 Å². The molecule has 7 rings (SSSR count). The van der Waals surface area contributed by atoms with Crippen molar-refractivity contribution in [1.82, 2.24) is 9.55 Å². The van der Waals surface area contributed by atoms with E-state index in [2.05, 4.69) is 71.3 Å². The van der Waals surface area contributed by atoms with Crippen LogP contribution in [-0.4, -0.2) is 9.55 Å². The van der Waals surface area contributed by atoms with E-state index in [0.29, 0.717) is 0 Å². The van der Waals surface area contributed by atoms with Crippen LogP contribution in [0.3, 0.4) is 0 Å². The molecule has 0 saturated carbocycles. The molecule has 29 heavy (non-hydrogen) atoms. The van der Waals surface area contributed by atoms with E-state index in [1.54, 1.807) is 11.3 Å². The quantitative estimate of drug-likeness (QED) is 0.295. The van der Waals surface area contributed by atoms with E-state index in [9.17, 15) is 0 Å². The van der Waals surface area contributed by atoms with Gasteiger partial charge in [-0.25, -0.2) is 4.98 Å². The molecule has 0 aliphatic carbocycles. The Labute approximate surface area is 169 Å². The summed E-state index contributed by atoms with van der Waals surface area (Å²) in [5.74, 6) is 0. The highest BCUT2D eigenvalue weighted by Crippen LogP contribution is 2.41. The molecule has 4 aromatic carbocycles. The molecule has 0 aliphatic rings. The van der Waals surface area contributed by atoms with Gasteiger partial charge in [-0.2, -0.15) is 0 Å². The molecule has 3 heterocycles. The third-order valence-electron chi connectivity index (χ3n) is 5.65. The molecule has 0 atom stereocenters. The number of hydrogen-bond donors (Lipinski definition) is 0. The van der Waals surface area contributed by atoms with Crippen LogP contribution < -0.4 is 0 Å². The summed E-state index contributed by atoms with van der Waals surface area (Å²) in [7, 11) is 0. The van der Waals surface area contributed by atoms with Gasteiger partial charge in [-0.05, 0) is 30.3 Å². The number of benzene rings is 4. The average molecular weight is 390 g/mol. The zero-order valence-corrected chi connectivity index (χ0v) is 16.1. The SMILES string of the molecule is c1ccc2sc(-n3c4ccccc4c4ccc5c6ccccc6oc5c43)nc2c1. The van der Waals surface area contributed by atoms with Crippen molar-refractivity contribution in [2.75, 3.05) is 0 Å². The summed E-state index contributed by atoms with van der Waals surface area (Å²) in [6, 6.07) is 29.4. The van der Waals surface area contributed by atoms with Crippen LogP contribution in [0.4, 0.5) is 0 Å². The number of furan rings is 1. The van der Waals surface area contributed by atoms with Gasteiger partial charge in [0.25, 0.3) is 0 Å². The Morgan fingerprint density at radius 1 is 0.690 bits per heavy atom. The van der Waals surface area contributed by atoms with Crippen molar-refractivity contribution in [2.45, 2.75) is 0 Å². The van der Waals surface area contributed by atoms with Gasteiger partial charge >= 0.3 is 0 Å². The molecule has 4 heteroatoms. The second kappa shape index (κ2) is 5.46.